The minimum Gasteiger partial charge on any atom is -0.496 e. The van der Waals surface area contributed by atoms with E-state index in [4.69, 9.17) is 28.7 Å². The van der Waals surface area contributed by atoms with E-state index in [1.807, 2.05) is 66.7 Å². The van der Waals surface area contributed by atoms with Crippen molar-refractivity contribution in [2.75, 3.05) is 35.0 Å². The van der Waals surface area contributed by atoms with Gasteiger partial charge in [0, 0.05) is 11.1 Å². The maximum Gasteiger partial charge on any atom is 0.338 e. The molecule has 2 heterocycles. The van der Waals surface area contributed by atoms with Gasteiger partial charge in [0.05, 0.1) is 50.8 Å². The van der Waals surface area contributed by atoms with E-state index < -0.39 is 12.0 Å². The molecule has 1 aliphatic rings. The number of rotatable bonds is 9. The minimum absolute atomic E-state index is 0.148. The molecule has 10 heteroatoms. The Labute approximate surface area is 269 Å². The number of esters is 1. The highest BCUT2D eigenvalue weighted by Crippen LogP contribution is 2.42. The summed E-state index contributed by atoms with van der Waals surface area (Å²) in [5.74, 6) is 1.31. The van der Waals surface area contributed by atoms with Crippen LogP contribution in [0.25, 0.3) is 22.5 Å². The fourth-order valence-electron chi connectivity index (χ4n) is 5.79. The third-order valence-corrected chi connectivity index (χ3v) is 8.77. The molecule has 46 heavy (non-hydrogen) atoms. The van der Waals surface area contributed by atoms with Crippen molar-refractivity contribution in [1.29, 1.82) is 0 Å². The molecule has 0 fully saturated rings. The van der Waals surface area contributed by atoms with Crippen LogP contribution in [0.4, 0.5) is 0 Å². The third-order valence-electron chi connectivity index (χ3n) is 7.78. The van der Waals surface area contributed by atoms with Crippen LogP contribution in [0, 0.1) is 0 Å². The zero-order chi connectivity index (χ0) is 32.4. The quantitative estimate of drug-likeness (QED) is 0.207. The number of benzene rings is 4. The number of aromatic nitrogens is 1. The third kappa shape index (κ3) is 5.30. The second kappa shape index (κ2) is 12.9. The maximum atomic E-state index is 14.5. The van der Waals surface area contributed by atoms with Gasteiger partial charge in [0.25, 0.3) is 5.56 Å². The first-order valence-electron chi connectivity index (χ1n) is 14.6. The van der Waals surface area contributed by atoms with Gasteiger partial charge in [-0.1, -0.05) is 72.0 Å². The number of nitrogens with zero attached hydrogens (tertiary/aromatic N) is 2. The highest BCUT2D eigenvalue weighted by atomic mass is 32.1. The molecule has 4 aromatic carbocycles. The van der Waals surface area contributed by atoms with Crippen LogP contribution in [0.3, 0.4) is 0 Å². The average Bonchev–Trinajstić information content (AvgIpc) is 3.40. The highest BCUT2D eigenvalue weighted by molar-refractivity contribution is 7.07. The van der Waals surface area contributed by atoms with Gasteiger partial charge in [0.15, 0.2) is 16.3 Å². The summed E-state index contributed by atoms with van der Waals surface area (Å²) in [6, 6.07) is 23.7. The van der Waals surface area contributed by atoms with E-state index in [1.54, 1.807) is 36.8 Å². The van der Waals surface area contributed by atoms with Crippen molar-refractivity contribution in [3.05, 3.63) is 121 Å². The van der Waals surface area contributed by atoms with Crippen molar-refractivity contribution in [2.24, 2.45) is 4.99 Å². The molecule has 0 spiro atoms. The lowest BCUT2D eigenvalue weighted by Gasteiger charge is -2.28. The fraction of sp³-hybridized carbons (Fsp3) is 0.194. The van der Waals surface area contributed by atoms with Crippen molar-refractivity contribution < 1.29 is 28.5 Å². The van der Waals surface area contributed by atoms with Gasteiger partial charge < -0.3 is 23.7 Å². The summed E-state index contributed by atoms with van der Waals surface area (Å²) in [6.45, 7) is 1.90. The van der Waals surface area contributed by atoms with E-state index in [2.05, 4.69) is 0 Å². The van der Waals surface area contributed by atoms with Gasteiger partial charge in [0.1, 0.15) is 11.8 Å². The van der Waals surface area contributed by atoms with Crippen LogP contribution in [0.1, 0.15) is 29.7 Å². The molecule has 1 atom stereocenters. The number of methoxy groups -OCH3 is 4. The maximum absolute atomic E-state index is 14.5. The Hall–Kier alpha value is -5.35. The molecule has 0 bridgehead atoms. The Morgan fingerprint density at radius 2 is 1.54 bits per heavy atom. The van der Waals surface area contributed by atoms with Gasteiger partial charge in [0.2, 0.25) is 5.75 Å². The summed E-state index contributed by atoms with van der Waals surface area (Å²) >= 11 is 1.22. The van der Waals surface area contributed by atoms with Gasteiger partial charge in [-0.2, -0.15) is 0 Å². The summed E-state index contributed by atoms with van der Waals surface area (Å²) in [5, 5.41) is 1.77. The molecule has 1 aromatic heterocycles. The predicted octanol–water partition coefficient (Wildman–Crippen LogP) is 5.12. The standard InChI is InChI=1S/C36H32N2O7S/c1-6-45-35(40)30-31(23-13-8-7-9-14-23)37-36-38(32(30)29-24-15-11-10-12-22(24)16-17-25(29)41-2)34(39)28(46-36)20-21-18-26(42-3)33(44-5)27(19-21)43-4/h7-20,32H,6H2,1-5H3/b28-20+/t32-/m0/s1. The van der Waals surface area contributed by atoms with E-state index in [1.165, 1.54) is 32.7 Å². The van der Waals surface area contributed by atoms with E-state index in [9.17, 15) is 9.59 Å². The summed E-state index contributed by atoms with van der Waals surface area (Å²) in [6.07, 6.45) is 1.75. The van der Waals surface area contributed by atoms with E-state index >= 15 is 0 Å². The molecule has 6 rings (SSSR count). The second-order valence-electron chi connectivity index (χ2n) is 10.3. The van der Waals surface area contributed by atoms with E-state index in [-0.39, 0.29) is 17.7 Å². The molecule has 9 nitrogen and oxygen atoms in total. The van der Waals surface area contributed by atoms with Crippen LogP contribution in [0.5, 0.6) is 23.0 Å². The zero-order valence-corrected chi connectivity index (χ0v) is 26.8. The molecule has 0 amide bonds. The lowest BCUT2D eigenvalue weighted by atomic mass is 9.89. The molecule has 0 unspecified atom stereocenters. The molecular weight excluding hydrogens is 604 g/mol. The fourth-order valence-corrected chi connectivity index (χ4v) is 6.79. The number of hydrogen-bond donors (Lipinski definition) is 0. The molecule has 5 aromatic rings. The molecule has 1 aliphatic heterocycles. The predicted molar refractivity (Wildman–Crippen MR) is 178 cm³/mol. The first-order valence-corrected chi connectivity index (χ1v) is 15.4. The summed E-state index contributed by atoms with van der Waals surface area (Å²) in [7, 11) is 6.18. The van der Waals surface area contributed by atoms with Crippen LogP contribution in [-0.2, 0) is 9.53 Å². The summed E-state index contributed by atoms with van der Waals surface area (Å²) in [5.41, 5.74) is 2.39. The van der Waals surface area contributed by atoms with E-state index in [0.29, 0.717) is 49.2 Å². The Kier molecular flexibility index (Phi) is 8.63. The SMILES string of the molecule is CCOC(=O)C1=C(c2ccccc2)N=c2s/c(=C/c3cc(OC)c(OC)c(OC)c3)c(=O)n2[C@H]1c1c(OC)ccc2ccccc12. The summed E-state index contributed by atoms with van der Waals surface area (Å²) < 4.78 is 30.1. The van der Waals surface area contributed by atoms with Crippen LogP contribution < -0.4 is 33.8 Å². The summed E-state index contributed by atoms with van der Waals surface area (Å²) in [4.78, 5) is 33.9. The Balaban J connectivity index is 1.72. The van der Waals surface area contributed by atoms with Gasteiger partial charge in [-0.3, -0.25) is 9.36 Å². The van der Waals surface area contributed by atoms with Crippen LogP contribution in [-0.4, -0.2) is 45.6 Å². The topological polar surface area (TPSA) is 97.6 Å². The smallest absolute Gasteiger partial charge is 0.338 e. The molecule has 234 valence electrons. The first-order chi connectivity index (χ1) is 22.4. The van der Waals surface area contributed by atoms with Crippen molar-refractivity contribution in [2.45, 2.75) is 13.0 Å². The van der Waals surface area contributed by atoms with Gasteiger partial charge in [-0.05, 0) is 47.5 Å². The van der Waals surface area contributed by atoms with Crippen molar-refractivity contribution in [3.63, 3.8) is 0 Å². The van der Waals surface area contributed by atoms with Crippen LogP contribution in [0.15, 0.2) is 94.2 Å². The average molecular weight is 637 g/mol. The monoisotopic (exact) mass is 636 g/mol. The molecule has 0 saturated carbocycles. The largest absolute Gasteiger partial charge is 0.496 e. The molecular formula is C36H32N2O7S. The number of fused-ring (bicyclic) bond motifs is 2. The van der Waals surface area contributed by atoms with Gasteiger partial charge in [-0.25, -0.2) is 9.79 Å². The van der Waals surface area contributed by atoms with Gasteiger partial charge in [-0.15, -0.1) is 0 Å². The van der Waals surface area contributed by atoms with Crippen molar-refractivity contribution >= 4 is 39.9 Å². The van der Waals surface area contributed by atoms with Gasteiger partial charge >= 0.3 is 5.97 Å². The number of hydrogen-bond acceptors (Lipinski definition) is 9. The Morgan fingerprint density at radius 1 is 0.870 bits per heavy atom. The van der Waals surface area contributed by atoms with Crippen LogP contribution >= 0.6 is 11.3 Å². The normalized spacial score (nSPS) is 14.5. The Morgan fingerprint density at radius 3 is 2.20 bits per heavy atom. The zero-order valence-electron chi connectivity index (χ0n) is 26.0. The van der Waals surface area contributed by atoms with Crippen molar-refractivity contribution in [1.82, 2.24) is 4.57 Å². The van der Waals surface area contributed by atoms with Crippen LogP contribution in [0.2, 0.25) is 0 Å². The Bertz CT molecular complexity index is 2140. The number of ether oxygens (including phenoxy) is 5. The number of carbonyl (C=O) groups excluding carboxylic acids is 1. The molecule has 0 aliphatic carbocycles. The van der Waals surface area contributed by atoms with Crippen molar-refractivity contribution in [3.8, 4) is 23.0 Å². The lowest BCUT2D eigenvalue weighted by Crippen LogP contribution is -2.40. The highest BCUT2D eigenvalue weighted by Gasteiger charge is 2.37. The molecule has 0 saturated heterocycles. The minimum atomic E-state index is -0.909. The lowest BCUT2D eigenvalue weighted by molar-refractivity contribution is -0.138. The number of carbonyl (C=O) groups is 1. The molecule has 0 radical (unpaired) electrons. The van der Waals surface area contributed by atoms with E-state index in [0.717, 1.165) is 16.3 Å². The molecule has 0 N–H and O–H groups in total. The number of thiazole rings is 1. The second-order valence-corrected chi connectivity index (χ2v) is 11.3. The first kappa shape index (κ1) is 30.7.